The van der Waals surface area contributed by atoms with Crippen molar-refractivity contribution in [3.8, 4) is 11.5 Å². The summed E-state index contributed by atoms with van der Waals surface area (Å²) >= 11 is 0. The van der Waals surface area contributed by atoms with Gasteiger partial charge in [-0.05, 0) is 61.1 Å². The van der Waals surface area contributed by atoms with Crippen LogP contribution >= 0.6 is 0 Å². The molecule has 5 heteroatoms. The summed E-state index contributed by atoms with van der Waals surface area (Å²) in [7, 11) is 1.54. The summed E-state index contributed by atoms with van der Waals surface area (Å²) in [6, 6.07) is 14.3. The fraction of sp³-hybridized carbons (Fsp3) is 0.500. The van der Waals surface area contributed by atoms with Crippen molar-refractivity contribution in [3.63, 3.8) is 0 Å². The molecule has 1 aliphatic rings. The van der Waals surface area contributed by atoms with Crippen molar-refractivity contribution in [1.82, 2.24) is 4.90 Å². The zero-order valence-electron chi connectivity index (χ0n) is 19.4. The number of hydrogen-bond acceptors (Lipinski definition) is 5. The molecule has 1 aliphatic heterocycles. The van der Waals surface area contributed by atoms with Gasteiger partial charge in [-0.25, -0.2) is 0 Å². The van der Waals surface area contributed by atoms with Crippen LogP contribution in [0.1, 0.15) is 68.1 Å². The highest BCUT2D eigenvalue weighted by molar-refractivity contribution is 5.94. The van der Waals surface area contributed by atoms with E-state index >= 15 is 0 Å². The second kappa shape index (κ2) is 9.84. The molecule has 1 saturated heterocycles. The third-order valence-electron chi connectivity index (χ3n) is 5.97. The van der Waals surface area contributed by atoms with Crippen LogP contribution in [0.15, 0.2) is 42.5 Å². The lowest BCUT2D eigenvalue weighted by molar-refractivity contribution is 0.0629. The van der Waals surface area contributed by atoms with E-state index in [-0.39, 0.29) is 17.8 Å². The van der Waals surface area contributed by atoms with E-state index in [1.807, 2.05) is 0 Å². The minimum atomic E-state index is -0.619. The average Bonchev–Trinajstić information content (AvgIpc) is 3.19. The molecule has 0 spiro atoms. The predicted octanol–water partition coefficient (Wildman–Crippen LogP) is 4.77. The lowest BCUT2D eigenvalue weighted by Crippen LogP contribution is -2.35. The number of aliphatic hydroxyl groups excluding tert-OH is 1. The topological polar surface area (TPSA) is 59.0 Å². The van der Waals surface area contributed by atoms with E-state index in [4.69, 9.17) is 9.47 Å². The Morgan fingerprint density at radius 2 is 1.87 bits per heavy atom. The maximum absolute atomic E-state index is 11.6. The van der Waals surface area contributed by atoms with Crippen molar-refractivity contribution in [2.45, 2.75) is 58.1 Å². The first-order valence-electron chi connectivity index (χ1n) is 11.0. The number of aliphatic hydroxyl groups is 1. The van der Waals surface area contributed by atoms with Crippen LogP contribution in [0, 0.1) is 0 Å². The van der Waals surface area contributed by atoms with Crippen LogP contribution in [-0.2, 0) is 5.41 Å². The number of benzene rings is 2. The van der Waals surface area contributed by atoms with Gasteiger partial charge in [-0.1, -0.05) is 45.0 Å². The summed E-state index contributed by atoms with van der Waals surface area (Å²) in [5, 5.41) is 10.6. The lowest BCUT2D eigenvalue weighted by atomic mass is 9.86. The Hall–Kier alpha value is -2.37. The molecule has 2 atom stereocenters. The SMILES string of the molecule is COc1cc(C(C)=O)ccc1OCC(O)CN1CCCC1c1ccc(C(C)(C)C)cc1. The molecule has 2 aromatic rings. The van der Waals surface area contributed by atoms with Gasteiger partial charge in [0.1, 0.15) is 12.7 Å². The molecule has 0 bridgehead atoms. The summed E-state index contributed by atoms with van der Waals surface area (Å²) in [6.07, 6.45) is 1.61. The predicted molar refractivity (Wildman–Crippen MR) is 123 cm³/mol. The smallest absolute Gasteiger partial charge is 0.161 e. The summed E-state index contributed by atoms with van der Waals surface area (Å²) in [4.78, 5) is 13.9. The van der Waals surface area contributed by atoms with Crippen molar-refractivity contribution in [2.75, 3.05) is 26.8 Å². The number of ether oxygens (including phenoxy) is 2. The number of ketones is 1. The second-order valence-corrected chi connectivity index (χ2v) is 9.41. The van der Waals surface area contributed by atoms with Crippen molar-refractivity contribution < 1.29 is 19.4 Å². The molecule has 0 aliphatic carbocycles. The molecule has 1 fully saturated rings. The van der Waals surface area contributed by atoms with E-state index in [1.54, 1.807) is 25.3 Å². The molecule has 5 nitrogen and oxygen atoms in total. The van der Waals surface area contributed by atoms with Gasteiger partial charge in [-0.15, -0.1) is 0 Å². The zero-order valence-corrected chi connectivity index (χ0v) is 19.4. The van der Waals surface area contributed by atoms with Gasteiger partial charge in [-0.3, -0.25) is 9.69 Å². The largest absolute Gasteiger partial charge is 0.493 e. The quantitative estimate of drug-likeness (QED) is 0.617. The molecule has 1 heterocycles. The fourth-order valence-electron chi connectivity index (χ4n) is 4.14. The molecule has 0 aromatic heterocycles. The third-order valence-corrected chi connectivity index (χ3v) is 5.97. The highest BCUT2D eigenvalue weighted by atomic mass is 16.5. The fourth-order valence-corrected chi connectivity index (χ4v) is 4.14. The Kier molecular flexibility index (Phi) is 7.39. The molecule has 3 rings (SSSR count). The number of carbonyl (C=O) groups excluding carboxylic acids is 1. The van der Waals surface area contributed by atoms with Crippen molar-refractivity contribution >= 4 is 5.78 Å². The zero-order chi connectivity index (χ0) is 22.6. The lowest BCUT2D eigenvalue weighted by Gasteiger charge is -2.28. The molecule has 31 heavy (non-hydrogen) atoms. The van der Waals surface area contributed by atoms with Crippen LogP contribution in [-0.4, -0.2) is 48.7 Å². The first-order chi connectivity index (χ1) is 14.7. The highest BCUT2D eigenvalue weighted by Gasteiger charge is 2.28. The van der Waals surface area contributed by atoms with Gasteiger partial charge in [0.2, 0.25) is 0 Å². The van der Waals surface area contributed by atoms with Crippen LogP contribution in [0.25, 0.3) is 0 Å². The molecule has 0 radical (unpaired) electrons. The molecule has 0 saturated carbocycles. The Labute approximate surface area is 186 Å². The Morgan fingerprint density at radius 1 is 1.16 bits per heavy atom. The summed E-state index contributed by atoms with van der Waals surface area (Å²) in [6.45, 7) is 9.89. The van der Waals surface area contributed by atoms with Gasteiger partial charge >= 0.3 is 0 Å². The molecular weight excluding hydrogens is 390 g/mol. The minimum absolute atomic E-state index is 0.0273. The van der Waals surface area contributed by atoms with Gasteiger partial charge in [0.05, 0.1) is 7.11 Å². The van der Waals surface area contributed by atoms with Crippen LogP contribution < -0.4 is 9.47 Å². The Bertz CT molecular complexity index is 885. The number of hydrogen-bond donors (Lipinski definition) is 1. The maximum Gasteiger partial charge on any atom is 0.161 e. The van der Waals surface area contributed by atoms with Crippen molar-refractivity contribution in [3.05, 3.63) is 59.2 Å². The van der Waals surface area contributed by atoms with Crippen LogP contribution in [0.5, 0.6) is 11.5 Å². The summed E-state index contributed by atoms with van der Waals surface area (Å²) in [5.74, 6) is 1.00. The van der Waals surface area contributed by atoms with Crippen LogP contribution in [0.2, 0.25) is 0 Å². The van der Waals surface area contributed by atoms with Gasteiger partial charge in [0.15, 0.2) is 17.3 Å². The molecule has 0 amide bonds. The number of nitrogens with zero attached hydrogens (tertiary/aromatic N) is 1. The van der Waals surface area contributed by atoms with Gasteiger partial charge in [0, 0.05) is 18.2 Å². The van der Waals surface area contributed by atoms with Crippen LogP contribution in [0.3, 0.4) is 0 Å². The van der Waals surface area contributed by atoms with Gasteiger partial charge < -0.3 is 14.6 Å². The number of rotatable bonds is 8. The monoisotopic (exact) mass is 425 g/mol. The summed E-state index contributed by atoms with van der Waals surface area (Å²) < 4.78 is 11.2. The van der Waals surface area contributed by atoms with Gasteiger partial charge in [-0.2, -0.15) is 0 Å². The average molecular weight is 426 g/mol. The number of carbonyl (C=O) groups is 1. The number of β-amino-alcohol motifs (C(OH)–C–C–N with tert-alkyl or cyclic N) is 1. The summed E-state index contributed by atoms with van der Waals surface area (Å²) in [5.41, 5.74) is 3.35. The van der Waals surface area contributed by atoms with E-state index in [0.717, 1.165) is 19.4 Å². The standard InChI is InChI=1S/C26H35NO4/c1-18(28)20-10-13-24(25(15-20)30-5)31-17-22(29)16-27-14-6-7-23(27)19-8-11-21(12-9-19)26(2,3)4/h8-13,15,22-23,29H,6-7,14,16-17H2,1-5H3. The number of methoxy groups -OCH3 is 1. The van der Waals surface area contributed by atoms with E-state index < -0.39 is 6.10 Å². The second-order valence-electron chi connectivity index (χ2n) is 9.41. The molecule has 2 unspecified atom stereocenters. The minimum Gasteiger partial charge on any atom is -0.493 e. The van der Waals surface area contributed by atoms with Crippen molar-refractivity contribution in [1.29, 1.82) is 0 Å². The van der Waals surface area contributed by atoms with E-state index in [1.165, 1.54) is 18.1 Å². The highest BCUT2D eigenvalue weighted by Crippen LogP contribution is 2.34. The normalized spacial score (nSPS) is 18.1. The van der Waals surface area contributed by atoms with Gasteiger partial charge in [0.25, 0.3) is 0 Å². The first kappa shape index (κ1) is 23.3. The van der Waals surface area contributed by atoms with E-state index in [2.05, 4.69) is 49.9 Å². The van der Waals surface area contributed by atoms with E-state index in [0.29, 0.717) is 29.6 Å². The molecule has 1 N–H and O–H groups in total. The number of Topliss-reactive ketones (excluding diaryl/α,β-unsaturated/α-hetero) is 1. The maximum atomic E-state index is 11.6. The molecule has 168 valence electrons. The first-order valence-corrected chi connectivity index (χ1v) is 11.0. The Balaban J connectivity index is 1.60. The van der Waals surface area contributed by atoms with E-state index in [9.17, 15) is 9.90 Å². The Morgan fingerprint density at radius 3 is 2.48 bits per heavy atom. The number of likely N-dealkylation sites (tertiary alicyclic amines) is 1. The third kappa shape index (κ3) is 5.86. The molecule has 2 aromatic carbocycles. The molecular formula is C26H35NO4. The van der Waals surface area contributed by atoms with Crippen LogP contribution in [0.4, 0.5) is 0 Å². The van der Waals surface area contributed by atoms with Crippen molar-refractivity contribution in [2.24, 2.45) is 0 Å².